The van der Waals surface area contributed by atoms with Crippen molar-refractivity contribution in [1.82, 2.24) is 14.0 Å². The molecule has 0 aliphatic carbocycles. The summed E-state index contributed by atoms with van der Waals surface area (Å²) in [6, 6.07) is 18.0. The predicted molar refractivity (Wildman–Crippen MR) is 133 cm³/mol. The lowest BCUT2D eigenvalue weighted by Gasteiger charge is -2.16. The van der Waals surface area contributed by atoms with Gasteiger partial charge in [-0.05, 0) is 47.8 Å². The number of thiophene rings is 1. The van der Waals surface area contributed by atoms with Crippen molar-refractivity contribution in [3.63, 3.8) is 0 Å². The largest absolute Gasteiger partial charge is 0.339 e. The minimum absolute atomic E-state index is 0. The fraction of sp³-hybridized carbons (Fsp3) is 0.174. The fourth-order valence-electron chi connectivity index (χ4n) is 3.49. The van der Waals surface area contributed by atoms with E-state index in [9.17, 15) is 9.59 Å². The van der Waals surface area contributed by atoms with Crippen LogP contribution >= 0.6 is 39.9 Å². The van der Waals surface area contributed by atoms with Gasteiger partial charge in [-0.25, -0.2) is 0 Å². The van der Waals surface area contributed by atoms with Crippen molar-refractivity contribution >= 4 is 62.6 Å². The maximum atomic E-state index is 12.8. The molecule has 0 fully saturated rings. The van der Waals surface area contributed by atoms with Gasteiger partial charge in [0.25, 0.3) is 5.91 Å². The number of fused-ring (bicyclic) bond motifs is 1. The molecule has 2 heterocycles. The number of hydrogen-bond acceptors (Lipinski definition) is 4. The number of rotatable bonds is 7. The van der Waals surface area contributed by atoms with E-state index in [2.05, 4.69) is 0 Å². The van der Waals surface area contributed by atoms with Crippen LogP contribution < -0.4 is 5.62 Å². The first-order valence-electron chi connectivity index (χ1n) is 9.76. The van der Waals surface area contributed by atoms with Gasteiger partial charge in [-0.15, -0.1) is 28.3 Å². The Kier molecular flexibility index (Phi) is 7.71. The number of nitrogens with one attached hydrogen (secondary N) is 1. The molecule has 0 saturated heterocycles. The highest BCUT2D eigenvalue weighted by Gasteiger charge is 2.17. The highest BCUT2D eigenvalue weighted by Crippen LogP contribution is 2.16. The van der Waals surface area contributed by atoms with Gasteiger partial charge in [0.1, 0.15) is 0 Å². The van der Waals surface area contributed by atoms with Crippen LogP contribution in [0, 0.1) is 5.41 Å². The predicted octanol–water partition coefficient (Wildman–Crippen LogP) is 4.87. The van der Waals surface area contributed by atoms with Crippen LogP contribution in [0.5, 0.6) is 0 Å². The van der Waals surface area contributed by atoms with Crippen LogP contribution in [0.4, 0.5) is 0 Å². The van der Waals surface area contributed by atoms with Crippen molar-refractivity contribution in [1.29, 1.82) is 5.41 Å². The minimum Gasteiger partial charge on any atom is -0.339 e. The SMILES string of the molecule is Br.CN(CCn1c(=N)n(CC(=O)c2ccc(Cl)cc2)c2ccccc21)C(=O)c1cccs1. The number of likely N-dealkylation sites (N-methyl/N-ethyl adjacent to an activating group) is 1. The summed E-state index contributed by atoms with van der Waals surface area (Å²) in [5.41, 5.74) is 2.44. The molecule has 2 aromatic heterocycles. The van der Waals surface area contributed by atoms with E-state index in [1.54, 1.807) is 46.8 Å². The Morgan fingerprint density at radius 2 is 1.66 bits per heavy atom. The first kappa shape index (κ1) is 24.0. The van der Waals surface area contributed by atoms with Gasteiger partial charge in [0.2, 0.25) is 5.62 Å². The van der Waals surface area contributed by atoms with Crippen molar-refractivity contribution in [3.05, 3.63) is 87.1 Å². The third kappa shape index (κ3) is 4.87. The zero-order valence-electron chi connectivity index (χ0n) is 17.3. The Morgan fingerprint density at radius 3 is 2.28 bits per heavy atom. The normalized spacial score (nSPS) is 10.7. The van der Waals surface area contributed by atoms with Crippen LogP contribution in [0.25, 0.3) is 11.0 Å². The first-order chi connectivity index (χ1) is 15.0. The van der Waals surface area contributed by atoms with Crippen LogP contribution in [0.2, 0.25) is 5.02 Å². The van der Waals surface area contributed by atoms with Gasteiger partial charge < -0.3 is 14.0 Å². The number of Topliss-reactive ketones (excluding diaryl/α,β-unsaturated/α-hetero) is 1. The van der Waals surface area contributed by atoms with Crippen molar-refractivity contribution in [2.45, 2.75) is 13.1 Å². The molecule has 32 heavy (non-hydrogen) atoms. The van der Waals surface area contributed by atoms with Crippen LogP contribution in [-0.2, 0) is 13.1 Å². The van der Waals surface area contributed by atoms with Gasteiger partial charge in [-0.2, -0.15) is 0 Å². The van der Waals surface area contributed by atoms with Gasteiger partial charge in [0.05, 0.1) is 22.5 Å². The summed E-state index contributed by atoms with van der Waals surface area (Å²) in [6.45, 7) is 0.958. The molecule has 166 valence electrons. The molecule has 0 radical (unpaired) electrons. The Labute approximate surface area is 204 Å². The number of halogens is 2. The van der Waals surface area contributed by atoms with Gasteiger partial charge in [0.15, 0.2) is 5.78 Å². The van der Waals surface area contributed by atoms with E-state index in [0.29, 0.717) is 28.6 Å². The van der Waals surface area contributed by atoms with Gasteiger partial charge >= 0.3 is 0 Å². The monoisotopic (exact) mass is 532 g/mol. The number of amides is 1. The second-order valence-electron chi connectivity index (χ2n) is 7.18. The summed E-state index contributed by atoms with van der Waals surface area (Å²) in [5, 5.41) is 11.2. The minimum atomic E-state index is -0.0944. The second-order valence-corrected chi connectivity index (χ2v) is 8.57. The highest BCUT2D eigenvalue weighted by molar-refractivity contribution is 8.93. The standard InChI is InChI=1S/C23H21ClN4O2S.BrH/c1-26(22(30)21-7-4-14-31-21)12-13-27-18-5-2-3-6-19(18)28(23(27)25)15-20(29)16-8-10-17(24)11-9-16;/h2-11,14,25H,12-13,15H2,1H3;1H. The van der Waals surface area contributed by atoms with Gasteiger partial charge in [-0.1, -0.05) is 29.8 Å². The number of carbonyl (C=O) groups is 2. The molecule has 1 amide bonds. The molecule has 0 bridgehead atoms. The maximum Gasteiger partial charge on any atom is 0.263 e. The quantitative estimate of drug-likeness (QED) is 0.344. The van der Waals surface area contributed by atoms with Crippen molar-refractivity contribution < 1.29 is 9.59 Å². The molecule has 2 aromatic carbocycles. The third-order valence-corrected chi connectivity index (χ3v) is 6.29. The van der Waals surface area contributed by atoms with Crippen molar-refractivity contribution in [2.75, 3.05) is 13.6 Å². The number of para-hydroxylation sites is 2. The average Bonchev–Trinajstić information content (AvgIpc) is 3.40. The van der Waals surface area contributed by atoms with E-state index in [0.717, 1.165) is 11.0 Å². The molecule has 9 heteroatoms. The van der Waals surface area contributed by atoms with Crippen LogP contribution in [0.15, 0.2) is 66.0 Å². The van der Waals surface area contributed by atoms with E-state index >= 15 is 0 Å². The van der Waals surface area contributed by atoms with Gasteiger partial charge in [0, 0.05) is 30.7 Å². The molecule has 4 rings (SSSR count). The molecule has 0 aliphatic heterocycles. The number of benzene rings is 2. The molecule has 0 saturated carbocycles. The van der Waals surface area contributed by atoms with E-state index in [4.69, 9.17) is 17.0 Å². The summed E-state index contributed by atoms with van der Waals surface area (Å²) >= 11 is 7.33. The zero-order valence-corrected chi connectivity index (χ0v) is 20.6. The van der Waals surface area contributed by atoms with Crippen molar-refractivity contribution in [3.8, 4) is 0 Å². The number of aromatic nitrogens is 2. The smallest absolute Gasteiger partial charge is 0.263 e. The number of carbonyl (C=O) groups excluding carboxylic acids is 2. The van der Waals surface area contributed by atoms with E-state index in [1.165, 1.54) is 11.3 Å². The van der Waals surface area contributed by atoms with Gasteiger partial charge in [-0.3, -0.25) is 15.0 Å². The second kappa shape index (κ2) is 10.3. The lowest BCUT2D eigenvalue weighted by atomic mass is 10.1. The number of hydrogen-bond donors (Lipinski definition) is 1. The zero-order chi connectivity index (χ0) is 22.0. The summed E-state index contributed by atoms with van der Waals surface area (Å²) in [4.78, 5) is 27.7. The first-order valence-corrected chi connectivity index (χ1v) is 11.0. The molecule has 1 N–H and O–H groups in total. The Hall–Kier alpha value is -2.68. The average molecular weight is 534 g/mol. The molecular weight excluding hydrogens is 512 g/mol. The molecule has 0 spiro atoms. The highest BCUT2D eigenvalue weighted by atomic mass is 79.9. The topological polar surface area (TPSA) is 71.1 Å². The van der Waals surface area contributed by atoms with E-state index in [-0.39, 0.29) is 40.8 Å². The molecule has 0 unspecified atom stereocenters. The summed E-state index contributed by atoms with van der Waals surface area (Å²) in [5.74, 6) is -0.133. The van der Waals surface area contributed by atoms with E-state index in [1.807, 2.05) is 40.3 Å². The Bertz CT molecular complexity index is 1300. The number of nitrogens with zero attached hydrogens (tertiary/aromatic N) is 3. The van der Waals surface area contributed by atoms with Crippen LogP contribution in [0.3, 0.4) is 0 Å². The summed E-state index contributed by atoms with van der Waals surface area (Å²) < 4.78 is 3.54. The van der Waals surface area contributed by atoms with Crippen LogP contribution in [-0.4, -0.2) is 39.3 Å². The maximum absolute atomic E-state index is 12.8. The van der Waals surface area contributed by atoms with Crippen LogP contribution in [0.1, 0.15) is 20.0 Å². The summed E-state index contributed by atoms with van der Waals surface area (Å²) in [6.07, 6.45) is 0. The third-order valence-electron chi connectivity index (χ3n) is 5.18. The molecule has 0 atom stereocenters. The molecule has 0 aliphatic rings. The number of ketones is 1. The Balaban J connectivity index is 0.00000289. The fourth-order valence-corrected chi connectivity index (χ4v) is 4.34. The number of imidazole rings is 1. The molecular formula is C23H22BrClN4O2S. The molecule has 6 nitrogen and oxygen atoms in total. The lowest BCUT2D eigenvalue weighted by molar-refractivity contribution is 0.0795. The molecule has 4 aromatic rings. The van der Waals surface area contributed by atoms with E-state index < -0.39 is 0 Å². The lowest BCUT2D eigenvalue weighted by Crippen LogP contribution is -2.33. The van der Waals surface area contributed by atoms with Crippen molar-refractivity contribution in [2.24, 2.45) is 0 Å². The summed E-state index contributed by atoms with van der Waals surface area (Å²) in [7, 11) is 1.76. The Morgan fingerprint density at radius 1 is 1.00 bits per heavy atom.